The van der Waals surface area contributed by atoms with Crippen LogP contribution in [-0.2, 0) is 10.0 Å². The number of sulfonamides is 1. The van der Waals surface area contributed by atoms with Gasteiger partial charge in [0.1, 0.15) is 10.6 Å². The molecule has 2 atom stereocenters. The van der Waals surface area contributed by atoms with Crippen LogP contribution in [0.5, 0.6) is 5.75 Å². The molecular formula is C17H26N2O5S. The van der Waals surface area contributed by atoms with Gasteiger partial charge in [-0.2, -0.15) is 0 Å². The molecule has 25 heavy (non-hydrogen) atoms. The molecule has 0 radical (unpaired) electrons. The van der Waals surface area contributed by atoms with E-state index < -0.39 is 10.0 Å². The number of ether oxygens (including phenoxy) is 1. The average Bonchev–Trinajstić information content (AvgIpc) is 2.59. The number of aliphatic hydroxyl groups excluding tert-OH is 1. The molecule has 1 aromatic carbocycles. The standard InChI is InChI=1S/C17H26N2O5S/c1-19(2)25(22,23)16-10-13(7-8-15(16)24-3)17(21)18-11-12-5-4-6-14(20)9-12/h7-8,10,12,14,20H,4-6,9,11H2,1-3H3,(H,18,21). The lowest BCUT2D eigenvalue weighted by Crippen LogP contribution is -2.33. The SMILES string of the molecule is COc1ccc(C(=O)NCC2CCCC(O)C2)cc1S(=O)(=O)N(C)C. The summed E-state index contributed by atoms with van der Waals surface area (Å²) in [4.78, 5) is 12.4. The van der Waals surface area contributed by atoms with Gasteiger partial charge in [-0.25, -0.2) is 12.7 Å². The number of nitrogens with zero attached hydrogens (tertiary/aromatic N) is 1. The van der Waals surface area contributed by atoms with E-state index in [2.05, 4.69) is 5.32 Å². The van der Waals surface area contributed by atoms with Crippen molar-refractivity contribution in [1.29, 1.82) is 0 Å². The van der Waals surface area contributed by atoms with E-state index in [-0.39, 0.29) is 34.1 Å². The monoisotopic (exact) mass is 370 g/mol. The van der Waals surface area contributed by atoms with E-state index in [1.807, 2.05) is 0 Å². The zero-order valence-corrected chi connectivity index (χ0v) is 15.7. The predicted molar refractivity (Wildman–Crippen MR) is 94.2 cm³/mol. The highest BCUT2D eigenvalue weighted by Gasteiger charge is 2.25. The molecule has 1 amide bonds. The molecule has 8 heteroatoms. The van der Waals surface area contributed by atoms with Crippen LogP contribution in [0, 0.1) is 5.92 Å². The molecule has 1 aliphatic rings. The minimum absolute atomic E-state index is 0.0410. The van der Waals surface area contributed by atoms with Gasteiger partial charge in [0.25, 0.3) is 5.91 Å². The maximum Gasteiger partial charge on any atom is 0.251 e. The van der Waals surface area contributed by atoms with Crippen LogP contribution in [-0.4, -0.2) is 57.6 Å². The minimum Gasteiger partial charge on any atom is -0.495 e. The van der Waals surface area contributed by atoms with Crippen LogP contribution < -0.4 is 10.1 Å². The summed E-state index contributed by atoms with van der Waals surface area (Å²) in [5.41, 5.74) is 0.262. The van der Waals surface area contributed by atoms with Crippen LogP contribution in [0.1, 0.15) is 36.0 Å². The summed E-state index contributed by atoms with van der Waals surface area (Å²) in [6.45, 7) is 0.470. The van der Waals surface area contributed by atoms with Crippen molar-refractivity contribution in [3.8, 4) is 5.75 Å². The molecule has 0 saturated heterocycles. The molecule has 0 bridgehead atoms. The Morgan fingerprint density at radius 1 is 1.36 bits per heavy atom. The molecule has 0 spiro atoms. The van der Waals surface area contributed by atoms with Crippen LogP contribution in [0.3, 0.4) is 0 Å². The summed E-state index contributed by atoms with van der Waals surface area (Å²) in [6.07, 6.45) is 3.13. The Hall–Kier alpha value is -1.64. The lowest BCUT2D eigenvalue weighted by molar-refractivity contribution is 0.0873. The smallest absolute Gasteiger partial charge is 0.251 e. The van der Waals surface area contributed by atoms with Crippen molar-refractivity contribution in [2.24, 2.45) is 5.92 Å². The molecular weight excluding hydrogens is 344 g/mol. The predicted octanol–water partition coefficient (Wildman–Crippen LogP) is 1.23. The summed E-state index contributed by atoms with van der Waals surface area (Å²) in [6, 6.07) is 4.35. The molecule has 0 heterocycles. The van der Waals surface area contributed by atoms with Gasteiger partial charge in [0, 0.05) is 26.2 Å². The normalized spacial score (nSPS) is 21.2. The van der Waals surface area contributed by atoms with Crippen molar-refractivity contribution in [2.75, 3.05) is 27.7 Å². The minimum atomic E-state index is -3.72. The molecule has 0 aliphatic heterocycles. The van der Waals surface area contributed by atoms with Gasteiger partial charge in [-0.15, -0.1) is 0 Å². The van der Waals surface area contributed by atoms with E-state index in [9.17, 15) is 18.3 Å². The fourth-order valence-electron chi connectivity index (χ4n) is 3.00. The number of hydrogen-bond acceptors (Lipinski definition) is 5. The van der Waals surface area contributed by atoms with Gasteiger partial charge in [-0.3, -0.25) is 4.79 Å². The van der Waals surface area contributed by atoms with Gasteiger partial charge in [-0.05, 0) is 43.4 Å². The number of carbonyl (C=O) groups is 1. The second kappa shape index (κ2) is 8.16. The summed E-state index contributed by atoms with van der Waals surface area (Å²) < 4.78 is 31.0. The average molecular weight is 370 g/mol. The maximum absolute atomic E-state index is 12.4. The van der Waals surface area contributed by atoms with E-state index >= 15 is 0 Å². The number of benzene rings is 1. The van der Waals surface area contributed by atoms with Crippen molar-refractivity contribution in [3.63, 3.8) is 0 Å². The number of amides is 1. The molecule has 0 aromatic heterocycles. The van der Waals surface area contributed by atoms with Gasteiger partial charge in [-0.1, -0.05) is 6.42 Å². The van der Waals surface area contributed by atoms with Crippen molar-refractivity contribution >= 4 is 15.9 Å². The zero-order chi connectivity index (χ0) is 18.6. The summed E-state index contributed by atoms with van der Waals surface area (Å²) in [7, 11) is 0.517. The van der Waals surface area contributed by atoms with E-state index in [1.54, 1.807) is 6.07 Å². The van der Waals surface area contributed by atoms with Crippen molar-refractivity contribution in [2.45, 2.75) is 36.7 Å². The molecule has 2 rings (SSSR count). The number of aliphatic hydroxyl groups is 1. The van der Waals surface area contributed by atoms with Crippen molar-refractivity contribution in [3.05, 3.63) is 23.8 Å². The highest BCUT2D eigenvalue weighted by atomic mass is 32.2. The maximum atomic E-state index is 12.4. The van der Waals surface area contributed by atoms with E-state index in [4.69, 9.17) is 4.74 Å². The fraction of sp³-hybridized carbons (Fsp3) is 0.588. The van der Waals surface area contributed by atoms with Crippen LogP contribution in [0.2, 0.25) is 0 Å². The first-order chi connectivity index (χ1) is 11.8. The highest BCUT2D eigenvalue weighted by Crippen LogP contribution is 2.27. The highest BCUT2D eigenvalue weighted by molar-refractivity contribution is 7.89. The Labute approximate surface area is 149 Å². The van der Waals surface area contributed by atoms with Crippen LogP contribution in [0.4, 0.5) is 0 Å². The van der Waals surface area contributed by atoms with E-state index in [0.29, 0.717) is 13.0 Å². The van der Waals surface area contributed by atoms with Crippen molar-refractivity contribution in [1.82, 2.24) is 9.62 Å². The lowest BCUT2D eigenvalue weighted by Gasteiger charge is -2.26. The lowest BCUT2D eigenvalue weighted by atomic mass is 9.87. The van der Waals surface area contributed by atoms with Crippen LogP contribution in [0.25, 0.3) is 0 Å². The van der Waals surface area contributed by atoms with Crippen molar-refractivity contribution < 1.29 is 23.1 Å². The molecule has 140 valence electrons. The quantitative estimate of drug-likeness (QED) is 0.785. The Morgan fingerprint density at radius 2 is 2.08 bits per heavy atom. The third kappa shape index (κ3) is 4.71. The first-order valence-electron chi connectivity index (χ1n) is 8.32. The van der Waals surface area contributed by atoms with Gasteiger partial charge in [0.2, 0.25) is 10.0 Å². The van der Waals surface area contributed by atoms with Gasteiger partial charge < -0.3 is 15.2 Å². The van der Waals surface area contributed by atoms with E-state index in [1.165, 1.54) is 33.3 Å². The Morgan fingerprint density at radius 3 is 2.68 bits per heavy atom. The molecule has 1 aromatic rings. The third-order valence-corrected chi connectivity index (χ3v) is 6.33. The first kappa shape index (κ1) is 19.7. The number of carbonyl (C=O) groups excluding carboxylic acids is 1. The van der Waals surface area contributed by atoms with Gasteiger partial charge in [0.05, 0.1) is 13.2 Å². The summed E-state index contributed by atoms with van der Waals surface area (Å²) in [5, 5.41) is 12.5. The first-order valence-corrected chi connectivity index (χ1v) is 9.76. The molecule has 7 nitrogen and oxygen atoms in total. The topological polar surface area (TPSA) is 95.9 Å². The molecule has 1 aliphatic carbocycles. The van der Waals surface area contributed by atoms with Crippen LogP contribution >= 0.6 is 0 Å². The summed E-state index contributed by atoms with van der Waals surface area (Å²) in [5.74, 6) is 0.106. The third-order valence-electron chi connectivity index (χ3n) is 4.49. The number of rotatable bonds is 6. The fourth-order valence-corrected chi connectivity index (χ4v) is 4.08. The number of hydrogen-bond donors (Lipinski definition) is 2. The second-order valence-corrected chi connectivity index (χ2v) is 8.67. The van der Waals surface area contributed by atoms with E-state index in [0.717, 1.165) is 23.6 Å². The Bertz CT molecular complexity index is 718. The Balaban J connectivity index is 2.15. The molecule has 2 unspecified atom stereocenters. The van der Waals surface area contributed by atoms with Gasteiger partial charge >= 0.3 is 0 Å². The molecule has 2 N–H and O–H groups in total. The Kier molecular flexibility index (Phi) is 6.42. The number of nitrogens with one attached hydrogen (secondary N) is 1. The van der Waals surface area contributed by atoms with Gasteiger partial charge in [0.15, 0.2) is 0 Å². The summed E-state index contributed by atoms with van der Waals surface area (Å²) >= 11 is 0. The molecule has 1 fully saturated rings. The number of methoxy groups -OCH3 is 1. The zero-order valence-electron chi connectivity index (χ0n) is 14.9. The van der Waals surface area contributed by atoms with Crippen LogP contribution in [0.15, 0.2) is 23.1 Å². The molecule has 1 saturated carbocycles. The second-order valence-electron chi connectivity index (χ2n) is 6.55. The largest absolute Gasteiger partial charge is 0.495 e.